The molecule has 1 saturated heterocycles. The highest BCUT2D eigenvalue weighted by molar-refractivity contribution is 6.03. The lowest BCUT2D eigenvalue weighted by Gasteiger charge is -2.17. The van der Waals surface area contributed by atoms with Crippen molar-refractivity contribution in [2.24, 2.45) is 5.92 Å². The molecule has 2 heterocycles. The maximum absolute atomic E-state index is 12.7. The fourth-order valence-electron chi connectivity index (χ4n) is 3.30. The zero-order valence-electron chi connectivity index (χ0n) is 15.1. The van der Waals surface area contributed by atoms with Crippen LogP contribution in [0.1, 0.15) is 28.9 Å². The molecule has 0 aliphatic carbocycles. The van der Waals surface area contributed by atoms with E-state index in [4.69, 9.17) is 0 Å². The maximum atomic E-state index is 12.7. The van der Waals surface area contributed by atoms with Crippen molar-refractivity contribution in [1.29, 1.82) is 0 Å². The fourth-order valence-corrected chi connectivity index (χ4v) is 3.30. The van der Waals surface area contributed by atoms with Crippen molar-refractivity contribution in [2.75, 3.05) is 16.8 Å². The Morgan fingerprint density at radius 3 is 2.48 bits per heavy atom. The van der Waals surface area contributed by atoms with Crippen LogP contribution in [0.4, 0.5) is 11.4 Å². The molecule has 0 spiro atoms. The van der Waals surface area contributed by atoms with Gasteiger partial charge in [0.1, 0.15) is 0 Å². The number of aromatic nitrogens is 1. The SMILES string of the molecule is Cc1ccc(N2CC(C(=O)Nc3c(C)cc(C)nc3C)CC2=O)cc1. The van der Waals surface area contributed by atoms with Gasteiger partial charge in [-0.1, -0.05) is 17.7 Å². The van der Waals surface area contributed by atoms with Crippen molar-refractivity contribution < 1.29 is 9.59 Å². The molecule has 2 amide bonds. The molecule has 1 fully saturated rings. The number of rotatable bonds is 3. The van der Waals surface area contributed by atoms with Gasteiger partial charge in [0, 0.05) is 24.3 Å². The molecular formula is C20H23N3O2. The van der Waals surface area contributed by atoms with E-state index in [-0.39, 0.29) is 24.2 Å². The number of nitrogens with zero attached hydrogens (tertiary/aromatic N) is 2. The van der Waals surface area contributed by atoms with Gasteiger partial charge in [-0.3, -0.25) is 14.6 Å². The lowest BCUT2D eigenvalue weighted by Crippen LogP contribution is -2.28. The predicted octanol–water partition coefficient (Wildman–Crippen LogP) is 3.31. The van der Waals surface area contributed by atoms with Gasteiger partial charge in [-0.2, -0.15) is 0 Å². The van der Waals surface area contributed by atoms with Crippen LogP contribution in [0, 0.1) is 33.6 Å². The molecule has 1 N–H and O–H groups in total. The molecular weight excluding hydrogens is 314 g/mol. The summed E-state index contributed by atoms with van der Waals surface area (Å²) in [6.07, 6.45) is 0.233. The summed E-state index contributed by atoms with van der Waals surface area (Å²) in [6, 6.07) is 9.74. The van der Waals surface area contributed by atoms with Crippen LogP contribution in [0.2, 0.25) is 0 Å². The molecule has 1 aliphatic heterocycles. The molecule has 130 valence electrons. The fraction of sp³-hybridized carbons (Fsp3) is 0.350. The third-order valence-corrected chi connectivity index (χ3v) is 4.62. The number of anilines is 2. The largest absolute Gasteiger partial charge is 0.324 e. The molecule has 1 atom stereocenters. The first-order chi connectivity index (χ1) is 11.8. The Balaban J connectivity index is 1.74. The molecule has 5 heteroatoms. The lowest BCUT2D eigenvalue weighted by atomic mass is 10.1. The minimum absolute atomic E-state index is 0.0144. The minimum atomic E-state index is -0.353. The Hall–Kier alpha value is -2.69. The number of hydrogen-bond acceptors (Lipinski definition) is 3. The van der Waals surface area contributed by atoms with E-state index in [0.29, 0.717) is 6.54 Å². The second-order valence-corrected chi connectivity index (χ2v) is 6.77. The van der Waals surface area contributed by atoms with Crippen molar-refractivity contribution in [3.05, 3.63) is 52.8 Å². The van der Waals surface area contributed by atoms with Gasteiger partial charge >= 0.3 is 0 Å². The van der Waals surface area contributed by atoms with E-state index in [0.717, 1.165) is 33.9 Å². The molecule has 0 radical (unpaired) electrons. The lowest BCUT2D eigenvalue weighted by molar-refractivity contribution is -0.122. The average Bonchev–Trinajstić information content (AvgIpc) is 2.93. The highest BCUT2D eigenvalue weighted by Crippen LogP contribution is 2.27. The van der Waals surface area contributed by atoms with Gasteiger partial charge in [-0.05, 0) is 51.5 Å². The number of carbonyl (C=O) groups is 2. The Labute approximate surface area is 148 Å². The molecule has 1 aliphatic rings. The number of hydrogen-bond donors (Lipinski definition) is 1. The van der Waals surface area contributed by atoms with E-state index in [2.05, 4.69) is 10.3 Å². The Morgan fingerprint density at radius 1 is 1.16 bits per heavy atom. The standard InChI is InChI=1S/C20H23N3O2/c1-12-5-7-17(8-6-12)23-11-16(10-18(23)24)20(25)22-19-13(2)9-14(3)21-15(19)4/h5-9,16H,10-11H2,1-4H3,(H,22,25). The quantitative estimate of drug-likeness (QED) is 0.935. The number of nitrogens with one attached hydrogen (secondary N) is 1. The molecule has 3 rings (SSSR count). The van der Waals surface area contributed by atoms with Crippen molar-refractivity contribution >= 4 is 23.2 Å². The van der Waals surface area contributed by atoms with Crippen molar-refractivity contribution in [1.82, 2.24) is 4.98 Å². The van der Waals surface area contributed by atoms with Gasteiger partial charge in [-0.15, -0.1) is 0 Å². The zero-order chi connectivity index (χ0) is 18.1. The number of aryl methyl sites for hydroxylation is 4. The summed E-state index contributed by atoms with van der Waals surface area (Å²) >= 11 is 0. The second kappa shape index (κ2) is 6.67. The van der Waals surface area contributed by atoms with Crippen LogP contribution >= 0.6 is 0 Å². The average molecular weight is 337 g/mol. The van der Waals surface area contributed by atoms with Gasteiger partial charge in [0.2, 0.25) is 11.8 Å². The predicted molar refractivity (Wildman–Crippen MR) is 98.7 cm³/mol. The number of pyridine rings is 1. The van der Waals surface area contributed by atoms with Crippen LogP contribution in [-0.2, 0) is 9.59 Å². The molecule has 1 aromatic heterocycles. The molecule has 0 saturated carbocycles. The summed E-state index contributed by atoms with van der Waals surface area (Å²) in [5.74, 6) is -0.492. The van der Waals surface area contributed by atoms with Crippen LogP contribution in [0.5, 0.6) is 0 Å². The molecule has 1 aromatic carbocycles. The summed E-state index contributed by atoms with van der Waals surface area (Å²) < 4.78 is 0. The summed E-state index contributed by atoms with van der Waals surface area (Å²) in [5, 5.41) is 2.97. The number of carbonyl (C=O) groups excluding carboxylic acids is 2. The van der Waals surface area contributed by atoms with Crippen molar-refractivity contribution in [3.8, 4) is 0 Å². The molecule has 1 unspecified atom stereocenters. The smallest absolute Gasteiger partial charge is 0.229 e. The van der Waals surface area contributed by atoms with Crippen molar-refractivity contribution in [2.45, 2.75) is 34.1 Å². The first-order valence-corrected chi connectivity index (χ1v) is 8.48. The summed E-state index contributed by atoms with van der Waals surface area (Å²) in [6.45, 7) is 8.18. The third kappa shape index (κ3) is 3.55. The van der Waals surface area contributed by atoms with E-state index < -0.39 is 0 Å². The van der Waals surface area contributed by atoms with Crippen LogP contribution in [0.3, 0.4) is 0 Å². The van der Waals surface area contributed by atoms with Crippen LogP contribution in [0.25, 0.3) is 0 Å². The van der Waals surface area contributed by atoms with Crippen LogP contribution in [-0.4, -0.2) is 23.3 Å². The topological polar surface area (TPSA) is 62.3 Å². The van der Waals surface area contributed by atoms with E-state index in [1.165, 1.54) is 0 Å². The van der Waals surface area contributed by atoms with Gasteiger partial charge < -0.3 is 10.2 Å². The van der Waals surface area contributed by atoms with Gasteiger partial charge in [0.05, 0.1) is 17.3 Å². The summed E-state index contributed by atoms with van der Waals surface area (Å²) in [7, 11) is 0. The van der Waals surface area contributed by atoms with Gasteiger partial charge in [-0.25, -0.2) is 0 Å². The minimum Gasteiger partial charge on any atom is -0.324 e. The van der Waals surface area contributed by atoms with E-state index in [1.807, 2.05) is 58.0 Å². The zero-order valence-corrected chi connectivity index (χ0v) is 15.1. The van der Waals surface area contributed by atoms with E-state index in [9.17, 15) is 9.59 Å². The first kappa shape index (κ1) is 17.1. The number of amides is 2. The molecule has 0 bridgehead atoms. The third-order valence-electron chi connectivity index (χ3n) is 4.62. The Kier molecular flexibility index (Phi) is 4.57. The van der Waals surface area contributed by atoms with E-state index in [1.54, 1.807) is 4.90 Å². The van der Waals surface area contributed by atoms with Gasteiger partial charge in [0.25, 0.3) is 0 Å². The molecule has 25 heavy (non-hydrogen) atoms. The van der Waals surface area contributed by atoms with Gasteiger partial charge in [0.15, 0.2) is 0 Å². The Morgan fingerprint density at radius 2 is 1.84 bits per heavy atom. The molecule has 5 nitrogen and oxygen atoms in total. The highest BCUT2D eigenvalue weighted by atomic mass is 16.2. The monoisotopic (exact) mass is 337 g/mol. The first-order valence-electron chi connectivity index (χ1n) is 8.48. The van der Waals surface area contributed by atoms with Crippen LogP contribution < -0.4 is 10.2 Å². The Bertz CT molecular complexity index is 804. The van der Waals surface area contributed by atoms with Crippen molar-refractivity contribution in [3.63, 3.8) is 0 Å². The van der Waals surface area contributed by atoms with E-state index >= 15 is 0 Å². The number of benzene rings is 1. The van der Waals surface area contributed by atoms with Crippen LogP contribution in [0.15, 0.2) is 30.3 Å². The molecule has 2 aromatic rings. The maximum Gasteiger partial charge on any atom is 0.229 e. The normalized spacial score (nSPS) is 17.0. The summed E-state index contributed by atoms with van der Waals surface area (Å²) in [5.41, 5.74) is 5.44. The second-order valence-electron chi connectivity index (χ2n) is 6.77. The summed E-state index contributed by atoms with van der Waals surface area (Å²) in [4.78, 5) is 31.1. The highest BCUT2D eigenvalue weighted by Gasteiger charge is 2.35.